The molecule has 1 aliphatic heterocycles. The molecule has 19 heavy (non-hydrogen) atoms. The first-order valence-corrected chi connectivity index (χ1v) is 6.98. The maximum Gasteiger partial charge on any atom is 0.322 e. The summed E-state index contributed by atoms with van der Waals surface area (Å²) in [5.41, 5.74) is 5.88. The molecule has 2 atom stereocenters. The van der Waals surface area contributed by atoms with Crippen molar-refractivity contribution in [3.63, 3.8) is 0 Å². The highest BCUT2D eigenvalue weighted by Crippen LogP contribution is 2.28. The molecule has 0 aliphatic carbocycles. The highest BCUT2D eigenvalue weighted by molar-refractivity contribution is 6.28. The van der Waals surface area contributed by atoms with Gasteiger partial charge in [0.05, 0.1) is 7.11 Å². The van der Waals surface area contributed by atoms with E-state index < -0.39 is 0 Å². The molecule has 0 radical (unpaired) electrons. The van der Waals surface area contributed by atoms with Gasteiger partial charge in [-0.1, -0.05) is 13.3 Å². The summed E-state index contributed by atoms with van der Waals surface area (Å²) in [6, 6.07) is 0.491. The molecular formula is C12H20ClN5O. The number of aromatic nitrogens is 3. The van der Waals surface area contributed by atoms with E-state index >= 15 is 0 Å². The van der Waals surface area contributed by atoms with Crippen LogP contribution in [0.25, 0.3) is 0 Å². The third kappa shape index (κ3) is 3.25. The van der Waals surface area contributed by atoms with E-state index in [0.717, 1.165) is 25.3 Å². The predicted octanol–water partition coefficient (Wildman–Crippen LogP) is 1.49. The van der Waals surface area contributed by atoms with Gasteiger partial charge in [-0.3, -0.25) is 0 Å². The lowest BCUT2D eigenvalue weighted by molar-refractivity contribution is 0.329. The molecule has 7 heteroatoms. The van der Waals surface area contributed by atoms with Gasteiger partial charge in [0.2, 0.25) is 11.2 Å². The van der Waals surface area contributed by atoms with Crippen LogP contribution in [0.5, 0.6) is 6.01 Å². The number of halogens is 1. The van der Waals surface area contributed by atoms with E-state index in [2.05, 4.69) is 26.8 Å². The molecule has 2 N–H and O–H groups in total. The number of nitrogens with two attached hydrogens (primary N) is 1. The van der Waals surface area contributed by atoms with Gasteiger partial charge in [0.15, 0.2) is 0 Å². The maximum absolute atomic E-state index is 5.89. The number of ether oxygens (including phenoxy) is 1. The van der Waals surface area contributed by atoms with Gasteiger partial charge in [-0.25, -0.2) is 0 Å². The molecule has 0 amide bonds. The molecule has 1 saturated heterocycles. The number of piperidine rings is 1. The zero-order valence-corrected chi connectivity index (χ0v) is 12.1. The first kappa shape index (κ1) is 14.3. The largest absolute Gasteiger partial charge is 0.467 e. The van der Waals surface area contributed by atoms with Gasteiger partial charge in [0.25, 0.3) is 0 Å². The summed E-state index contributed by atoms with van der Waals surface area (Å²) in [7, 11) is 1.51. The number of nitrogens with zero attached hydrogens (tertiary/aromatic N) is 4. The minimum atomic E-state index is 0.148. The third-order valence-electron chi connectivity index (χ3n) is 3.69. The van der Waals surface area contributed by atoms with Gasteiger partial charge >= 0.3 is 6.01 Å². The average molecular weight is 286 g/mol. The second kappa shape index (κ2) is 6.34. The molecule has 106 valence electrons. The van der Waals surface area contributed by atoms with E-state index in [1.807, 2.05) is 0 Å². The van der Waals surface area contributed by atoms with E-state index in [1.165, 1.54) is 13.5 Å². The SMILES string of the molecule is CCC1CCN(c2nc(Cl)nc(OC)n2)C(CN)C1. The summed E-state index contributed by atoms with van der Waals surface area (Å²) in [5.74, 6) is 1.28. The van der Waals surface area contributed by atoms with Crippen molar-refractivity contribution in [2.75, 3.05) is 25.1 Å². The van der Waals surface area contributed by atoms with Crippen molar-refractivity contribution in [2.45, 2.75) is 32.2 Å². The summed E-state index contributed by atoms with van der Waals surface area (Å²) in [6.07, 6.45) is 3.38. The summed E-state index contributed by atoms with van der Waals surface area (Å²) < 4.78 is 5.03. The molecule has 0 bridgehead atoms. The summed E-state index contributed by atoms with van der Waals surface area (Å²) in [6.45, 7) is 3.70. The van der Waals surface area contributed by atoms with Crippen molar-refractivity contribution in [2.24, 2.45) is 11.7 Å². The number of methoxy groups -OCH3 is 1. The highest BCUT2D eigenvalue weighted by atomic mass is 35.5. The topological polar surface area (TPSA) is 77.2 Å². The second-order valence-electron chi connectivity index (χ2n) is 4.77. The quantitative estimate of drug-likeness (QED) is 0.903. The highest BCUT2D eigenvalue weighted by Gasteiger charge is 2.29. The molecule has 0 aromatic carbocycles. The van der Waals surface area contributed by atoms with Crippen molar-refractivity contribution in [1.29, 1.82) is 0 Å². The number of hydrogen-bond donors (Lipinski definition) is 1. The summed E-state index contributed by atoms with van der Waals surface area (Å²) >= 11 is 5.89. The molecule has 2 heterocycles. The Morgan fingerprint density at radius 2 is 2.21 bits per heavy atom. The van der Waals surface area contributed by atoms with Crippen LogP contribution in [0, 0.1) is 5.92 Å². The third-order valence-corrected chi connectivity index (χ3v) is 3.86. The van der Waals surface area contributed by atoms with Crippen LogP contribution in [0.3, 0.4) is 0 Å². The Bertz CT molecular complexity index is 431. The van der Waals surface area contributed by atoms with E-state index in [4.69, 9.17) is 22.1 Å². The normalized spacial score (nSPS) is 23.5. The number of rotatable bonds is 4. The number of anilines is 1. The molecule has 6 nitrogen and oxygen atoms in total. The maximum atomic E-state index is 5.89. The lowest BCUT2D eigenvalue weighted by atomic mass is 9.89. The molecule has 1 fully saturated rings. The lowest BCUT2D eigenvalue weighted by Crippen LogP contribution is -2.47. The van der Waals surface area contributed by atoms with Gasteiger partial charge < -0.3 is 15.4 Å². The smallest absolute Gasteiger partial charge is 0.322 e. The molecule has 2 unspecified atom stereocenters. The van der Waals surface area contributed by atoms with Crippen LogP contribution in [0.15, 0.2) is 0 Å². The van der Waals surface area contributed by atoms with Crippen LogP contribution in [0.4, 0.5) is 5.95 Å². The Labute approximate surface area is 118 Å². The van der Waals surface area contributed by atoms with Gasteiger partial charge in [-0.05, 0) is 30.4 Å². The molecule has 1 aromatic rings. The Balaban J connectivity index is 2.22. The Kier molecular flexibility index (Phi) is 4.76. The first-order valence-electron chi connectivity index (χ1n) is 6.60. The fourth-order valence-corrected chi connectivity index (χ4v) is 2.68. The number of hydrogen-bond acceptors (Lipinski definition) is 6. The summed E-state index contributed by atoms with van der Waals surface area (Å²) in [4.78, 5) is 14.5. The first-order chi connectivity index (χ1) is 9.17. The van der Waals surface area contributed by atoms with E-state index in [-0.39, 0.29) is 17.3 Å². The zero-order valence-electron chi connectivity index (χ0n) is 11.3. The van der Waals surface area contributed by atoms with E-state index in [9.17, 15) is 0 Å². The van der Waals surface area contributed by atoms with Crippen molar-refractivity contribution in [3.05, 3.63) is 5.28 Å². The molecule has 1 aliphatic rings. The molecular weight excluding hydrogens is 266 g/mol. The minimum Gasteiger partial charge on any atom is -0.467 e. The van der Waals surface area contributed by atoms with Gasteiger partial charge in [-0.2, -0.15) is 15.0 Å². The van der Waals surface area contributed by atoms with Gasteiger partial charge in [0, 0.05) is 19.1 Å². The van der Waals surface area contributed by atoms with Crippen LogP contribution in [0.1, 0.15) is 26.2 Å². The molecule has 0 spiro atoms. The fourth-order valence-electron chi connectivity index (χ4n) is 2.53. The van der Waals surface area contributed by atoms with Crippen LogP contribution in [-0.2, 0) is 0 Å². The monoisotopic (exact) mass is 285 g/mol. The lowest BCUT2D eigenvalue weighted by Gasteiger charge is -2.38. The van der Waals surface area contributed by atoms with Crippen molar-refractivity contribution >= 4 is 17.5 Å². The van der Waals surface area contributed by atoms with Crippen molar-refractivity contribution in [3.8, 4) is 6.01 Å². The summed E-state index contributed by atoms with van der Waals surface area (Å²) in [5, 5.41) is 0.148. The Morgan fingerprint density at radius 1 is 1.42 bits per heavy atom. The average Bonchev–Trinajstić information content (AvgIpc) is 2.45. The zero-order chi connectivity index (χ0) is 13.8. The van der Waals surface area contributed by atoms with E-state index in [0.29, 0.717) is 12.5 Å². The fraction of sp³-hybridized carbons (Fsp3) is 0.750. The minimum absolute atomic E-state index is 0.148. The molecule has 0 saturated carbocycles. The second-order valence-corrected chi connectivity index (χ2v) is 5.11. The van der Waals surface area contributed by atoms with Crippen LogP contribution in [-0.4, -0.2) is 41.2 Å². The van der Waals surface area contributed by atoms with Crippen LogP contribution >= 0.6 is 11.6 Å². The van der Waals surface area contributed by atoms with Gasteiger partial charge in [0.1, 0.15) is 0 Å². The van der Waals surface area contributed by atoms with Crippen LogP contribution < -0.4 is 15.4 Å². The van der Waals surface area contributed by atoms with Gasteiger partial charge in [-0.15, -0.1) is 0 Å². The van der Waals surface area contributed by atoms with Crippen LogP contribution in [0.2, 0.25) is 5.28 Å². The standard InChI is InChI=1S/C12H20ClN5O/c1-3-8-4-5-18(9(6-8)7-14)11-15-10(13)16-12(17-11)19-2/h8-9H,3-7,14H2,1-2H3. The van der Waals surface area contributed by atoms with E-state index in [1.54, 1.807) is 0 Å². The Hall–Kier alpha value is -1.14. The van der Waals surface area contributed by atoms with Crippen molar-refractivity contribution < 1.29 is 4.74 Å². The predicted molar refractivity (Wildman–Crippen MR) is 74.6 cm³/mol. The Morgan fingerprint density at radius 3 is 2.84 bits per heavy atom. The van der Waals surface area contributed by atoms with Crippen molar-refractivity contribution in [1.82, 2.24) is 15.0 Å². The molecule has 1 aromatic heterocycles. The molecule has 2 rings (SSSR count).